The van der Waals surface area contributed by atoms with Crippen molar-refractivity contribution in [2.45, 2.75) is 25.8 Å². The lowest BCUT2D eigenvalue weighted by Crippen LogP contribution is -2.35. The zero-order valence-electron chi connectivity index (χ0n) is 15.8. The molecule has 4 nitrogen and oxygen atoms in total. The van der Waals surface area contributed by atoms with Crippen LogP contribution in [0.2, 0.25) is 5.02 Å². The number of nitrogens with zero attached hydrogens (tertiary/aromatic N) is 2. The first kappa shape index (κ1) is 19.5. The molecule has 0 bridgehead atoms. The van der Waals surface area contributed by atoms with Gasteiger partial charge in [-0.3, -0.25) is 0 Å². The van der Waals surface area contributed by atoms with Gasteiger partial charge in [0.1, 0.15) is 11.6 Å². The van der Waals surface area contributed by atoms with Crippen LogP contribution in [0.4, 0.5) is 0 Å². The predicted octanol–water partition coefficient (Wildman–Crippen LogP) is 4.37. The summed E-state index contributed by atoms with van der Waals surface area (Å²) in [4.78, 5) is 19.4. The molecule has 0 aliphatic carbocycles. The number of rotatable bonds is 6. The highest BCUT2D eigenvalue weighted by Crippen LogP contribution is 2.29. The fraction of sp³-hybridized carbons (Fsp3) is 0.364. The first-order valence-corrected chi connectivity index (χ1v) is 9.59. The zero-order valence-corrected chi connectivity index (χ0v) is 16.6. The second kappa shape index (κ2) is 9.09. The lowest BCUT2D eigenvalue weighted by Gasteiger charge is -2.33. The molecule has 1 atom stereocenters. The maximum Gasteiger partial charge on any atom is 0.155 e. The summed E-state index contributed by atoms with van der Waals surface area (Å²) < 4.78 is 0. The fourth-order valence-corrected chi connectivity index (χ4v) is 3.51. The molecule has 1 aliphatic rings. The zero-order chi connectivity index (χ0) is 19.2. The third kappa shape index (κ3) is 5.61. The smallest absolute Gasteiger partial charge is 0.155 e. The maximum atomic E-state index is 11.5. The van der Waals surface area contributed by atoms with Gasteiger partial charge in [0.05, 0.1) is 6.54 Å². The summed E-state index contributed by atoms with van der Waals surface area (Å²) in [5.74, 6) is 3.16. The van der Waals surface area contributed by atoms with Crippen LogP contribution in [0.25, 0.3) is 0 Å². The van der Waals surface area contributed by atoms with Crippen molar-refractivity contribution in [1.82, 2.24) is 9.96 Å². The van der Waals surface area contributed by atoms with Gasteiger partial charge in [0.2, 0.25) is 0 Å². The third-order valence-electron chi connectivity index (χ3n) is 4.72. The Balaban J connectivity index is 1.58. The number of piperidine rings is 1. The minimum Gasteiger partial charge on any atom is -0.379 e. The second-order valence-corrected chi connectivity index (χ2v) is 7.75. The van der Waals surface area contributed by atoms with Crippen LogP contribution >= 0.6 is 11.6 Å². The average molecular weight is 385 g/mol. The van der Waals surface area contributed by atoms with Crippen LogP contribution in [0.3, 0.4) is 0 Å². The average Bonchev–Trinajstić information content (AvgIpc) is 2.66. The Morgan fingerprint density at radius 1 is 1.11 bits per heavy atom. The molecule has 3 rings (SSSR count). The van der Waals surface area contributed by atoms with Crippen molar-refractivity contribution in [3.8, 4) is 5.75 Å². The summed E-state index contributed by atoms with van der Waals surface area (Å²) in [7, 11) is 4.14. The van der Waals surface area contributed by atoms with Crippen molar-refractivity contribution in [2.24, 2.45) is 5.92 Å². The monoisotopic (exact) mass is 384 g/mol. The SMILES string of the molecule is CN(C)Cc1ccc(CC2CCN(Oc3ccc(Cl)cc3)C(=C=O)C2)cc1. The van der Waals surface area contributed by atoms with E-state index in [1.807, 2.05) is 0 Å². The van der Waals surface area contributed by atoms with Crippen molar-refractivity contribution in [3.63, 3.8) is 0 Å². The molecule has 1 aliphatic heterocycles. The summed E-state index contributed by atoms with van der Waals surface area (Å²) in [6, 6.07) is 15.9. The van der Waals surface area contributed by atoms with E-state index in [1.54, 1.807) is 29.3 Å². The van der Waals surface area contributed by atoms with Crippen LogP contribution in [-0.2, 0) is 17.8 Å². The molecule has 0 radical (unpaired) electrons. The van der Waals surface area contributed by atoms with Crippen LogP contribution in [0, 0.1) is 5.92 Å². The van der Waals surface area contributed by atoms with Gasteiger partial charge in [0.25, 0.3) is 0 Å². The Morgan fingerprint density at radius 2 is 1.78 bits per heavy atom. The lowest BCUT2D eigenvalue weighted by molar-refractivity contribution is -0.0439. The Bertz CT molecular complexity index is 796. The van der Waals surface area contributed by atoms with Crippen LogP contribution in [0.15, 0.2) is 54.2 Å². The van der Waals surface area contributed by atoms with Crippen LogP contribution in [-0.4, -0.2) is 36.5 Å². The number of carbonyl (C=O) groups excluding carboxylic acids is 1. The van der Waals surface area contributed by atoms with E-state index >= 15 is 0 Å². The third-order valence-corrected chi connectivity index (χ3v) is 4.97. The van der Waals surface area contributed by atoms with E-state index in [1.165, 1.54) is 11.1 Å². The molecule has 0 saturated carbocycles. The van der Waals surface area contributed by atoms with Gasteiger partial charge >= 0.3 is 0 Å². The van der Waals surface area contributed by atoms with Crippen molar-refractivity contribution in [3.05, 3.63) is 70.4 Å². The molecule has 1 unspecified atom stereocenters. The maximum absolute atomic E-state index is 11.5. The summed E-state index contributed by atoms with van der Waals surface area (Å²) in [6.07, 6.45) is 2.61. The van der Waals surface area contributed by atoms with E-state index in [0.717, 1.165) is 19.4 Å². The van der Waals surface area contributed by atoms with Gasteiger partial charge in [0.15, 0.2) is 5.75 Å². The fourth-order valence-electron chi connectivity index (χ4n) is 3.38. The van der Waals surface area contributed by atoms with Crippen molar-refractivity contribution >= 4 is 17.5 Å². The molecule has 0 spiro atoms. The molecular formula is C22H25ClN2O2. The Kier molecular flexibility index (Phi) is 6.57. The van der Waals surface area contributed by atoms with Crippen LogP contribution < -0.4 is 4.84 Å². The quantitative estimate of drug-likeness (QED) is 0.692. The van der Waals surface area contributed by atoms with Gasteiger partial charge in [-0.2, -0.15) is 0 Å². The van der Waals surface area contributed by atoms with Gasteiger partial charge in [-0.15, -0.1) is 0 Å². The Hall–Kier alpha value is -2.26. The molecule has 0 aromatic heterocycles. The highest BCUT2D eigenvalue weighted by Gasteiger charge is 2.25. The van der Waals surface area contributed by atoms with E-state index in [4.69, 9.17) is 16.4 Å². The largest absolute Gasteiger partial charge is 0.379 e. The second-order valence-electron chi connectivity index (χ2n) is 7.31. The van der Waals surface area contributed by atoms with Crippen molar-refractivity contribution < 1.29 is 9.63 Å². The first-order chi connectivity index (χ1) is 13.0. The number of hydrogen-bond acceptors (Lipinski definition) is 4. The molecule has 1 heterocycles. The number of benzene rings is 2. The summed E-state index contributed by atoms with van der Waals surface area (Å²) in [5, 5.41) is 2.32. The molecular weight excluding hydrogens is 360 g/mol. The highest BCUT2D eigenvalue weighted by atomic mass is 35.5. The van der Waals surface area contributed by atoms with E-state index in [2.05, 4.69) is 49.2 Å². The van der Waals surface area contributed by atoms with E-state index in [0.29, 0.717) is 35.4 Å². The molecule has 0 N–H and O–H groups in total. The minimum atomic E-state index is 0.422. The highest BCUT2D eigenvalue weighted by molar-refractivity contribution is 6.30. The van der Waals surface area contributed by atoms with Crippen molar-refractivity contribution in [2.75, 3.05) is 20.6 Å². The number of hydrogen-bond donors (Lipinski definition) is 0. The van der Waals surface area contributed by atoms with E-state index in [9.17, 15) is 4.79 Å². The lowest BCUT2D eigenvalue weighted by atomic mass is 9.89. The molecule has 2 aromatic carbocycles. The molecule has 5 heteroatoms. The molecule has 142 valence electrons. The number of halogens is 1. The summed E-state index contributed by atoms with van der Waals surface area (Å²) in [6.45, 7) is 1.62. The standard InChI is InChI=1S/C22H25ClN2O2/c1-24(2)15-18-5-3-17(4-6-18)13-19-11-12-25(21(14-19)16-26)27-22-9-7-20(23)8-10-22/h3-10,19H,11-15H2,1-2H3. The van der Waals surface area contributed by atoms with Gasteiger partial charge in [0, 0.05) is 18.0 Å². The van der Waals surface area contributed by atoms with Crippen LogP contribution in [0.5, 0.6) is 5.75 Å². The molecule has 0 amide bonds. The first-order valence-electron chi connectivity index (χ1n) is 9.21. The van der Waals surface area contributed by atoms with Gasteiger partial charge in [-0.1, -0.05) is 35.9 Å². The van der Waals surface area contributed by atoms with Gasteiger partial charge in [-0.05, 0) is 68.2 Å². The molecule has 1 fully saturated rings. The molecule has 2 aromatic rings. The number of allylic oxidation sites excluding steroid dienone is 1. The topological polar surface area (TPSA) is 32.8 Å². The van der Waals surface area contributed by atoms with Crippen LogP contribution in [0.1, 0.15) is 24.0 Å². The summed E-state index contributed by atoms with van der Waals surface area (Å²) >= 11 is 5.90. The Morgan fingerprint density at radius 3 is 2.41 bits per heavy atom. The van der Waals surface area contributed by atoms with E-state index < -0.39 is 0 Å². The normalized spacial score (nSPS) is 17.1. The van der Waals surface area contributed by atoms with Gasteiger partial charge in [-0.25, -0.2) is 9.86 Å². The van der Waals surface area contributed by atoms with Crippen molar-refractivity contribution in [1.29, 1.82) is 0 Å². The molecule has 27 heavy (non-hydrogen) atoms. The number of hydroxylamine groups is 2. The van der Waals surface area contributed by atoms with E-state index in [-0.39, 0.29) is 0 Å². The summed E-state index contributed by atoms with van der Waals surface area (Å²) in [5.41, 5.74) is 3.19. The predicted molar refractivity (Wildman–Crippen MR) is 108 cm³/mol. The van der Waals surface area contributed by atoms with Gasteiger partial charge < -0.3 is 9.74 Å². The molecule has 1 saturated heterocycles. The Labute approximate surface area is 165 Å². The minimum absolute atomic E-state index is 0.422.